The number of unbranched alkanes of at least 4 members (excludes halogenated alkanes) is 1. The maximum Gasteiger partial charge on any atom is 0.273 e. The SMILES string of the molecule is CC(C)CCCCNC(=O)c1nn(C)cc1N. The van der Waals surface area contributed by atoms with Crippen molar-refractivity contribution in [2.24, 2.45) is 13.0 Å². The van der Waals surface area contributed by atoms with Crippen LogP contribution in [0.4, 0.5) is 5.69 Å². The Balaban J connectivity index is 2.28. The fraction of sp³-hybridized carbons (Fsp3) is 0.667. The van der Waals surface area contributed by atoms with E-state index in [9.17, 15) is 4.79 Å². The van der Waals surface area contributed by atoms with Gasteiger partial charge in [0.1, 0.15) is 0 Å². The molecule has 0 saturated heterocycles. The van der Waals surface area contributed by atoms with Crippen LogP contribution in [-0.4, -0.2) is 22.2 Å². The van der Waals surface area contributed by atoms with Gasteiger partial charge in [0, 0.05) is 19.8 Å². The van der Waals surface area contributed by atoms with E-state index in [1.165, 1.54) is 6.42 Å². The number of hydrogen-bond donors (Lipinski definition) is 2. The molecule has 1 aromatic rings. The maximum absolute atomic E-state index is 11.7. The summed E-state index contributed by atoms with van der Waals surface area (Å²) < 4.78 is 1.54. The lowest BCUT2D eigenvalue weighted by Gasteiger charge is -2.05. The summed E-state index contributed by atoms with van der Waals surface area (Å²) in [5.74, 6) is 0.532. The van der Waals surface area contributed by atoms with Gasteiger partial charge in [-0.15, -0.1) is 0 Å². The van der Waals surface area contributed by atoms with Gasteiger partial charge in [-0.25, -0.2) is 0 Å². The summed E-state index contributed by atoms with van der Waals surface area (Å²) in [5, 5.41) is 6.85. The third-order valence-corrected chi connectivity index (χ3v) is 2.57. The van der Waals surface area contributed by atoms with Crippen molar-refractivity contribution in [2.75, 3.05) is 12.3 Å². The van der Waals surface area contributed by atoms with Crippen LogP contribution in [0.15, 0.2) is 6.20 Å². The lowest BCUT2D eigenvalue weighted by Crippen LogP contribution is -2.25. The van der Waals surface area contributed by atoms with E-state index in [4.69, 9.17) is 5.73 Å². The van der Waals surface area contributed by atoms with Crippen LogP contribution in [0.1, 0.15) is 43.6 Å². The van der Waals surface area contributed by atoms with Crippen LogP contribution in [-0.2, 0) is 7.05 Å². The average Bonchev–Trinajstić information content (AvgIpc) is 2.56. The maximum atomic E-state index is 11.7. The van der Waals surface area contributed by atoms with Crippen LogP contribution in [0.2, 0.25) is 0 Å². The van der Waals surface area contributed by atoms with E-state index in [0.717, 1.165) is 18.8 Å². The van der Waals surface area contributed by atoms with E-state index in [2.05, 4.69) is 24.3 Å². The molecule has 0 aliphatic carbocycles. The van der Waals surface area contributed by atoms with Gasteiger partial charge in [0.25, 0.3) is 5.91 Å². The third kappa shape index (κ3) is 4.46. The summed E-state index contributed by atoms with van der Waals surface area (Å²) >= 11 is 0. The van der Waals surface area contributed by atoms with Crippen molar-refractivity contribution in [3.8, 4) is 0 Å². The number of nitrogens with one attached hydrogen (secondary N) is 1. The molecule has 0 aliphatic heterocycles. The molecule has 1 amide bonds. The smallest absolute Gasteiger partial charge is 0.273 e. The second kappa shape index (κ2) is 6.27. The molecule has 0 radical (unpaired) electrons. The fourth-order valence-corrected chi connectivity index (χ4v) is 1.65. The first-order chi connectivity index (χ1) is 8.00. The van der Waals surface area contributed by atoms with Crippen LogP contribution in [0.25, 0.3) is 0 Å². The standard InChI is InChI=1S/C12H22N4O/c1-9(2)6-4-5-7-14-12(17)11-10(13)8-16(3)15-11/h8-9H,4-7,13H2,1-3H3,(H,14,17). The second-order valence-corrected chi connectivity index (χ2v) is 4.75. The Bertz CT molecular complexity index is 371. The number of nitrogens with zero attached hydrogens (tertiary/aromatic N) is 2. The number of anilines is 1. The highest BCUT2D eigenvalue weighted by molar-refractivity contribution is 5.96. The Hall–Kier alpha value is -1.52. The predicted octanol–water partition coefficient (Wildman–Crippen LogP) is 1.56. The highest BCUT2D eigenvalue weighted by Gasteiger charge is 2.12. The van der Waals surface area contributed by atoms with E-state index < -0.39 is 0 Å². The molecule has 3 N–H and O–H groups in total. The number of carbonyl (C=O) groups excluding carboxylic acids is 1. The van der Waals surface area contributed by atoms with Crippen molar-refractivity contribution in [1.82, 2.24) is 15.1 Å². The monoisotopic (exact) mass is 238 g/mol. The average molecular weight is 238 g/mol. The van der Waals surface area contributed by atoms with Crippen LogP contribution in [0.5, 0.6) is 0 Å². The molecule has 0 spiro atoms. The van der Waals surface area contributed by atoms with Gasteiger partial charge in [0.2, 0.25) is 0 Å². The first kappa shape index (κ1) is 13.5. The molecule has 0 aliphatic rings. The van der Waals surface area contributed by atoms with Gasteiger partial charge in [-0.2, -0.15) is 5.10 Å². The Morgan fingerprint density at radius 1 is 1.53 bits per heavy atom. The van der Waals surface area contributed by atoms with Crippen LogP contribution < -0.4 is 11.1 Å². The molecule has 5 nitrogen and oxygen atoms in total. The summed E-state index contributed by atoms with van der Waals surface area (Å²) in [7, 11) is 1.75. The Morgan fingerprint density at radius 2 is 2.24 bits per heavy atom. The second-order valence-electron chi connectivity index (χ2n) is 4.75. The fourth-order valence-electron chi connectivity index (χ4n) is 1.65. The Labute approximate surface area is 102 Å². The minimum absolute atomic E-state index is 0.187. The molecule has 1 heterocycles. The lowest BCUT2D eigenvalue weighted by molar-refractivity contribution is 0.0948. The van der Waals surface area contributed by atoms with Crippen molar-refractivity contribution in [3.63, 3.8) is 0 Å². The highest BCUT2D eigenvalue weighted by Crippen LogP contribution is 2.08. The molecular formula is C12H22N4O. The van der Waals surface area contributed by atoms with Gasteiger partial charge in [-0.3, -0.25) is 9.48 Å². The third-order valence-electron chi connectivity index (χ3n) is 2.57. The van der Waals surface area contributed by atoms with Crippen molar-refractivity contribution in [2.45, 2.75) is 33.1 Å². The quantitative estimate of drug-likeness (QED) is 0.739. The minimum Gasteiger partial charge on any atom is -0.396 e. The van der Waals surface area contributed by atoms with Crippen LogP contribution >= 0.6 is 0 Å². The first-order valence-electron chi connectivity index (χ1n) is 6.08. The minimum atomic E-state index is -0.187. The molecule has 1 aromatic heterocycles. The van der Waals surface area contributed by atoms with E-state index in [1.807, 2.05) is 0 Å². The van der Waals surface area contributed by atoms with Gasteiger partial charge in [0.05, 0.1) is 5.69 Å². The van der Waals surface area contributed by atoms with Gasteiger partial charge in [0.15, 0.2) is 5.69 Å². The number of nitrogen functional groups attached to an aromatic ring is 1. The summed E-state index contributed by atoms with van der Waals surface area (Å²) in [6, 6.07) is 0. The zero-order chi connectivity index (χ0) is 12.8. The molecule has 0 fully saturated rings. The first-order valence-corrected chi connectivity index (χ1v) is 6.08. The van der Waals surface area contributed by atoms with E-state index >= 15 is 0 Å². The summed E-state index contributed by atoms with van der Waals surface area (Å²) in [5.41, 5.74) is 6.41. The number of amides is 1. The molecule has 0 saturated carbocycles. The lowest BCUT2D eigenvalue weighted by atomic mass is 10.1. The molecular weight excluding hydrogens is 216 g/mol. The molecule has 5 heteroatoms. The molecule has 0 bridgehead atoms. The summed E-state index contributed by atoms with van der Waals surface area (Å²) in [6.07, 6.45) is 4.96. The molecule has 0 unspecified atom stereocenters. The van der Waals surface area contributed by atoms with Gasteiger partial charge < -0.3 is 11.1 Å². The predicted molar refractivity (Wildman–Crippen MR) is 68.6 cm³/mol. The number of carbonyl (C=O) groups is 1. The van der Waals surface area contributed by atoms with Crippen molar-refractivity contribution in [3.05, 3.63) is 11.9 Å². The summed E-state index contributed by atoms with van der Waals surface area (Å²) in [4.78, 5) is 11.7. The van der Waals surface area contributed by atoms with E-state index in [-0.39, 0.29) is 5.91 Å². The topological polar surface area (TPSA) is 72.9 Å². The van der Waals surface area contributed by atoms with E-state index in [1.54, 1.807) is 17.9 Å². The zero-order valence-electron chi connectivity index (χ0n) is 10.9. The number of aromatic nitrogens is 2. The van der Waals surface area contributed by atoms with Gasteiger partial charge in [-0.1, -0.05) is 26.7 Å². The van der Waals surface area contributed by atoms with Gasteiger partial charge in [-0.05, 0) is 12.3 Å². The normalized spacial score (nSPS) is 10.8. The summed E-state index contributed by atoms with van der Waals surface area (Å²) in [6.45, 7) is 5.09. The molecule has 0 atom stereocenters. The van der Waals surface area contributed by atoms with Crippen molar-refractivity contribution >= 4 is 11.6 Å². The molecule has 0 aromatic carbocycles. The van der Waals surface area contributed by atoms with Crippen molar-refractivity contribution < 1.29 is 4.79 Å². The number of rotatable bonds is 6. The largest absolute Gasteiger partial charge is 0.396 e. The number of nitrogens with two attached hydrogens (primary N) is 1. The van der Waals surface area contributed by atoms with Crippen molar-refractivity contribution in [1.29, 1.82) is 0 Å². The zero-order valence-corrected chi connectivity index (χ0v) is 10.9. The molecule has 17 heavy (non-hydrogen) atoms. The Morgan fingerprint density at radius 3 is 2.76 bits per heavy atom. The molecule has 1 rings (SSSR count). The number of hydrogen-bond acceptors (Lipinski definition) is 3. The highest BCUT2D eigenvalue weighted by atomic mass is 16.1. The van der Waals surface area contributed by atoms with Gasteiger partial charge >= 0.3 is 0 Å². The molecule has 96 valence electrons. The van der Waals surface area contributed by atoms with E-state index in [0.29, 0.717) is 17.9 Å². The van der Waals surface area contributed by atoms with Crippen LogP contribution in [0, 0.1) is 5.92 Å². The van der Waals surface area contributed by atoms with Crippen LogP contribution in [0.3, 0.4) is 0 Å². The Kier molecular flexibility index (Phi) is 5.00. The number of aryl methyl sites for hydroxylation is 1.